The summed E-state index contributed by atoms with van der Waals surface area (Å²) >= 11 is 1.42. The number of hydroxylamine groups is 1. The predicted molar refractivity (Wildman–Crippen MR) is 106 cm³/mol. The molecule has 0 radical (unpaired) electrons. The number of carbonyl (C=O) groups excluding carboxylic acids is 2. The first-order chi connectivity index (χ1) is 13.7. The summed E-state index contributed by atoms with van der Waals surface area (Å²) in [7, 11) is 0. The fraction of sp³-hybridized carbons (Fsp3) is 0.429. The molecule has 29 heavy (non-hydrogen) atoms. The summed E-state index contributed by atoms with van der Waals surface area (Å²) in [6.07, 6.45) is 0.474. The SMILES string of the molecule is CC=CCONC(C)=C1C(=O)CC(CCSc2ccc(C(F)(F)F)cc2)CC1=O. The third-order valence-corrected chi connectivity index (χ3v) is 5.54. The zero-order chi connectivity index (χ0) is 21.4. The highest BCUT2D eigenvalue weighted by molar-refractivity contribution is 7.99. The Bertz CT molecular complexity index is 765. The van der Waals surface area contributed by atoms with E-state index in [1.165, 1.54) is 23.9 Å². The number of hydrogen-bond donors (Lipinski definition) is 1. The molecule has 2 rings (SSSR count). The van der Waals surface area contributed by atoms with Gasteiger partial charge in [-0.3, -0.25) is 19.9 Å². The lowest BCUT2D eigenvalue weighted by Crippen LogP contribution is -2.30. The second-order valence-corrected chi connectivity index (χ2v) is 7.93. The third kappa shape index (κ3) is 7.04. The maximum Gasteiger partial charge on any atom is 0.416 e. The van der Waals surface area contributed by atoms with Crippen molar-refractivity contribution in [3.8, 4) is 0 Å². The van der Waals surface area contributed by atoms with E-state index in [0.717, 1.165) is 17.0 Å². The standard InChI is InChI=1S/C21H24F3NO3S/c1-3-4-10-28-25-14(2)20-18(26)12-15(13-19(20)27)9-11-29-17-7-5-16(6-8-17)21(22,23)24/h3-8,15,25H,9-13H2,1-2H3. The lowest BCUT2D eigenvalue weighted by molar-refractivity contribution is -0.137. The highest BCUT2D eigenvalue weighted by Gasteiger charge is 2.32. The Hall–Kier alpha value is -2.06. The molecule has 1 fully saturated rings. The molecular formula is C21H24F3NO3S. The van der Waals surface area contributed by atoms with Gasteiger partial charge in [-0.05, 0) is 56.2 Å². The highest BCUT2D eigenvalue weighted by Crippen LogP contribution is 2.32. The van der Waals surface area contributed by atoms with Crippen molar-refractivity contribution in [3.05, 3.63) is 53.3 Å². The van der Waals surface area contributed by atoms with Crippen LogP contribution in [0.3, 0.4) is 0 Å². The Kier molecular flexibility index (Phi) is 8.52. The quantitative estimate of drug-likeness (QED) is 0.156. The number of hydrogen-bond acceptors (Lipinski definition) is 5. The molecule has 1 N–H and O–H groups in total. The number of carbonyl (C=O) groups is 2. The number of ketones is 2. The molecule has 0 aromatic heterocycles. The maximum atomic E-state index is 12.6. The van der Waals surface area contributed by atoms with Crippen molar-refractivity contribution < 1.29 is 27.6 Å². The second kappa shape index (κ2) is 10.6. The minimum atomic E-state index is -4.35. The molecule has 0 unspecified atom stereocenters. The normalized spacial score (nSPS) is 17.8. The molecule has 0 amide bonds. The zero-order valence-electron chi connectivity index (χ0n) is 16.3. The van der Waals surface area contributed by atoms with E-state index in [4.69, 9.17) is 4.84 Å². The lowest BCUT2D eigenvalue weighted by Gasteiger charge is -2.23. The number of benzene rings is 1. The molecule has 1 saturated carbocycles. The molecule has 1 aliphatic carbocycles. The second-order valence-electron chi connectivity index (χ2n) is 6.76. The van der Waals surface area contributed by atoms with E-state index in [-0.39, 0.29) is 35.9 Å². The fourth-order valence-corrected chi connectivity index (χ4v) is 4.02. The molecule has 8 heteroatoms. The van der Waals surface area contributed by atoms with Crippen LogP contribution in [-0.4, -0.2) is 23.9 Å². The molecule has 158 valence electrons. The Balaban J connectivity index is 1.84. The molecule has 1 aromatic carbocycles. The van der Waals surface area contributed by atoms with Gasteiger partial charge < -0.3 is 0 Å². The topological polar surface area (TPSA) is 55.4 Å². The minimum Gasteiger partial charge on any atom is -0.294 e. The summed E-state index contributed by atoms with van der Waals surface area (Å²) in [5.74, 6) is 0.160. The van der Waals surface area contributed by atoms with Crippen LogP contribution < -0.4 is 5.48 Å². The van der Waals surface area contributed by atoms with Gasteiger partial charge >= 0.3 is 6.18 Å². The van der Waals surface area contributed by atoms with Crippen LogP contribution >= 0.6 is 11.8 Å². The fourth-order valence-electron chi connectivity index (χ4n) is 3.01. The van der Waals surface area contributed by atoms with E-state index >= 15 is 0 Å². The van der Waals surface area contributed by atoms with E-state index in [0.29, 0.717) is 24.5 Å². The third-order valence-electron chi connectivity index (χ3n) is 4.50. The van der Waals surface area contributed by atoms with E-state index < -0.39 is 11.7 Å². The number of alkyl halides is 3. The van der Waals surface area contributed by atoms with Crippen molar-refractivity contribution in [2.75, 3.05) is 12.4 Å². The Labute approximate surface area is 172 Å². The van der Waals surface area contributed by atoms with E-state index in [2.05, 4.69) is 5.48 Å². The van der Waals surface area contributed by atoms with Crippen LogP contribution in [0.15, 0.2) is 52.6 Å². The van der Waals surface area contributed by atoms with Crippen molar-refractivity contribution in [1.29, 1.82) is 0 Å². The van der Waals surface area contributed by atoms with Gasteiger partial charge in [0.15, 0.2) is 11.6 Å². The smallest absolute Gasteiger partial charge is 0.294 e. The van der Waals surface area contributed by atoms with Gasteiger partial charge in [0, 0.05) is 23.4 Å². The van der Waals surface area contributed by atoms with Gasteiger partial charge in [0.1, 0.15) is 0 Å². The van der Waals surface area contributed by atoms with Crippen molar-refractivity contribution in [3.63, 3.8) is 0 Å². The first-order valence-electron chi connectivity index (χ1n) is 9.28. The van der Waals surface area contributed by atoms with Crippen LogP contribution in [0.1, 0.15) is 38.7 Å². The summed E-state index contributed by atoms with van der Waals surface area (Å²) in [5, 5.41) is 0. The van der Waals surface area contributed by atoms with Crippen molar-refractivity contribution in [2.24, 2.45) is 5.92 Å². The van der Waals surface area contributed by atoms with E-state index in [1.54, 1.807) is 13.0 Å². The first-order valence-corrected chi connectivity index (χ1v) is 10.3. The average Bonchev–Trinajstić information content (AvgIpc) is 2.64. The molecule has 0 saturated heterocycles. The Morgan fingerprint density at radius 2 is 1.83 bits per heavy atom. The van der Waals surface area contributed by atoms with Gasteiger partial charge in [-0.15, -0.1) is 11.8 Å². The zero-order valence-corrected chi connectivity index (χ0v) is 17.2. The summed E-state index contributed by atoms with van der Waals surface area (Å²) in [5.41, 5.74) is 2.55. The van der Waals surface area contributed by atoms with Gasteiger partial charge in [0.25, 0.3) is 0 Å². The van der Waals surface area contributed by atoms with Crippen molar-refractivity contribution >= 4 is 23.3 Å². The molecule has 0 heterocycles. The number of thioether (sulfide) groups is 1. The summed E-state index contributed by atoms with van der Waals surface area (Å²) in [4.78, 5) is 30.7. The predicted octanol–water partition coefficient (Wildman–Crippen LogP) is 5.11. The number of halogens is 3. The number of nitrogens with one attached hydrogen (secondary N) is 1. The van der Waals surface area contributed by atoms with Crippen LogP contribution in [0, 0.1) is 5.92 Å². The molecule has 0 bridgehead atoms. The molecular weight excluding hydrogens is 403 g/mol. The van der Waals surface area contributed by atoms with Gasteiger partial charge in [0.05, 0.1) is 17.7 Å². The van der Waals surface area contributed by atoms with Crippen LogP contribution in [0.5, 0.6) is 0 Å². The highest BCUT2D eigenvalue weighted by atomic mass is 32.2. The summed E-state index contributed by atoms with van der Waals surface area (Å²) in [6, 6.07) is 4.99. The van der Waals surface area contributed by atoms with Crippen LogP contribution in [0.25, 0.3) is 0 Å². The van der Waals surface area contributed by atoms with E-state index in [1.807, 2.05) is 13.0 Å². The number of allylic oxidation sites excluding steroid dienone is 3. The van der Waals surface area contributed by atoms with Crippen LogP contribution in [0.2, 0.25) is 0 Å². The van der Waals surface area contributed by atoms with Crippen molar-refractivity contribution in [2.45, 2.75) is 44.2 Å². The molecule has 4 nitrogen and oxygen atoms in total. The molecule has 1 aromatic rings. The van der Waals surface area contributed by atoms with E-state index in [9.17, 15) is 22.8 Å². The van der Waals surface area contributed by atoms with Gasteiger partial charge in [-0.25, -0.2) is 0 Å². The maximum absolute atomic E-state index is 12.6. The number of Topliss-reactive ketones (excluding diaryl/α,β-unsaturated/α-hetero) is 2. The lowest BCUT2D eigenvalue weighted by atomic mass is 9.82. The monoisotopic (exact) mass is 427 g/mol. The minimum absolute atomic E-state index is 0.0579. The van der Waals surface area contributed by atoms with Crippen molar-refractivity contribution in [1.82, 2.24) is 5.48 Å². The largest absolute Gasteiger partial charge is 0.416 e. The van der Waals surface area contributed by atoms with Gasteiger partial charge in [0.2, 0.25) is 0 Å². The summed E-state index contributed by atoms with van der Waals surface area (Å²) < 4.78 is 37.8. The number of rotatable bonds is 8. The molecule has 1 aliphatic rings. The molecule has 0 aliphatic heterocycles. The van der Waals surface area contributed by atoms with Gasteiger partial charge in [-0.2, -0.15) is 13.2 Å². The Morgan fingerprint density at radius 3 is 2.38 bits per heavy atom. The van der Waals surface area contributed by atoms with Crippen LogP contribution in [0.4, 0.5) is 13.2 Å². The van der Waals surface area contributed by atoms with Crippen LogP contribution in [-0.2, 0) is 20.6 Å². The molecule has 0 atom stereocenters. The first kappa shape index (κ1) is 23.2. The Morgan fingerprint density at radius 1 is 1.21 bits per heavy atom. The average molecular weight is 427 g/mol. The molecule has 0 spiro atoms. The summed E-state index contributed by atoms with van der Waals surface area (Å²) in [6.45, 7) is 3.83. The van der Waals surface area contributed by atoms with Gasteiger partial charge in [-0.1, -0.05) is 12.2 Å².